The van der Waals surface area contributed by atoms with Crippen molar-refractivity contribution in [1.82, 2.24) is 4.90 Å². The van der Waals surface area contributed by atoms with E-state index in [0.29, 0.717) is 31.1 Å². The molecule has 0 aromatic heterocycles. The smallest absolute Gasteiger partial charge is 0.306 e. The van der Waals surface area contributed by atoms with E-state index < -0.39 is 17.7 Å². The molecule has 1 aromatic carbocycles. The predicted octanol–water partition coefficient (Wildman–Crippen LogP) is 2.66. The zero-order chi connectivity index (χ0) is 16.8. The lowest BCUT2D eigenvalue weighted by atomic mass is 9.93. The summed E-state index contributed by atoms with van der Waals surface area (Å²) in [7, 11) is 0. The highest BCUT2D eigenvalue weighted by Crippen LogP contribution is 2.24. The van der Waals surface area contributed by atoms with Gasteiger partial charge in [0.25, 0.3) is 0 Å². The summed E-state index contributed by atoms with van der Waals surface area (Å²) in [6, 6.07) is 3.46. The van der Waals surface area contributed by atoms with Crippen molar-refractivity contribution in [3.63, 3.8) is 0 Å². The van der Waals surface area contributed by atoms with Crippen molar-refractivity contribution in [3.8, 4) is 0 Å². The van der Waals surface area contributed by atoms with Crippen LogP contribution in [0.2, 0.25) is 0 Å². The van der Waals surface area contributed by atoms with Gasteiger partial charge in [-0.2, -0.15) is 0 Å². The van der Waals surface area contributed by atoms with Crippen molar-refractivity contribution in [3.05, 3.63) is 35.4 Å². The summed E-state index contributed by atoms with van der Waals surface area (Å²) in [5, 5.41) is 10.2. The lowest BCUT2D eigenvalue weighted by Gasteiger charge is -2.32. The number of halogens is 2. The fourth-order valence-corrected chi connectivity index (χ4v) is 2.90. The fraction of sp³-hybridized carbons (Fsp3) is 0.588. The second-order valence-corrected chi connectivity index (χ2v) is 5.94. The van der Waals surface area contributed by atoms with Gasteiger partial charge in [-0.1, -0.05) is 6.07 Å². The maximum Gasteiger partial charge on any atom is 0.306 e. The van der Waals surface area contributed by atoms with Crippen LogP contribution >= 0.6 is 0 Å². The van der Waals surface area contributed by atoms with Gasteiger partial charge in [-0.15, -0.1) is 0 Å². The molecule has 128 valence electrons. The maximum absolute atomic E-state index is 13.2. The van der Waals surface area contributed by atoms with Crippen LogP contribution in [0.3, 0.4) is 0 Å². The lowest BCUT2D eigenvalue weighted by Crippen LogP contribution is -2.37. The van der Waals surface area contributed by atoms with E-state index in [-0.39, 0.29) is 5.97 Å². The zero-order valence-electron chi connectivity index (χ0n) is 13.3. The first-order chi connectivity index (χ1) is 11.0. The van der Waals surface area contributed by atoms with Gasteiger partial charge in [0.2, 0.25) is 0 Å². The molecule has 0 aliphatic carbocycles. The molecular weight excluding hydrogens is 304 g/mol. The number of esters is 1. The molecule has 6 heteroatoms. The van der Waals surface area contributed by atoms with Gasteiger partial charge in [-0.05, 0) is 56.5 Å². The molecule has 1 fully saturated rings. The average Bonchev–Trinajstić information content (AvgIpc) is 2.52. The topological polar surface area (TPSA) is 49.8 Å². The number of carbonyl (C=O) groups is 1. The maximum atomic E-state index is 13.2. The Bertz CT molecular complexity index is 531. The molecule has 0 radical (unpaired) electrons. The molecule has 0 amide bonds. The SMILES string of the molecule is CCOC(=O)CC1CCN(CC(O)c2ccc(F)c(F)c2)CC1. The number of aliphatic hydroxyl groups is 1. The molecule has 1 unspecified atom stereocenters. The molecule has 1 N–H and O–H groups in total. The molecule has 23 heavy (non-hydrogen) atoms. The highest BCUT2D eigenvalue weighted by Gasteiger charge is 2.24. The Morgan fingerprint density at radius 2 is 2.04 bits per heavy atom. The van der Waals surface area contributed by atoms with Crippen molar-refractivity contribution in [2.75, 3.05) is 26.2 Å². The Morgan fingerprint density at radius 3 is 2.65 bits per heavy atom. The summed E-state index contributed by atoms with van der Waals surface area (Å²) in [5.74, 6) is -1.71. The van der Waals surface area contributed by atoms with E-state index in [0.717, 1.165) is 38.1 Å². The van der Waals surface area contributed by atoms with Gasteiger partial charge in [0.1, 0.15) is 0 Å². The van der Waals surface area contributed by atoms with Crippen LogP contribution in [-0.4, -0.2) is 42.2 Å². The van der Waals surface area contributed by atoms with Crippen LogP contribution in [0.25, 0.3) is 0 Å². The molecule has 1 heterocycles. The van der Waals surface area contributed by atoms with E-state index in [4.69, 9.17) is 4.74 Å². The molecule has 1 aromatic rings. The predicted molar refractivity (Wildman–Crippen MR) is 81.7 cm³/mol. The Kier molecular flexibility index (Phi) is 6.47. The number of rotatable bonds is 6. The van der Waals surface area contributed by atoms with E-state index in [1.807, 2.05) is 0 Å². The molecule has 1 atom stereocenters. The number of nitrogens with zero attached hydrogens (tertiary/aromatic N) is 1. The molecule has 0 saturated carbocycles. The number of ether oxygens (including phenoxy) is 1. The number of benzene rings is 1. The first-order valence-corrected chi connectivity index (χ1v) is 8.00. The van der Waals surface area contributed by atoms with Crippen molar-refractivity contribution < 1.29 is 23.4 Å². The highest BCUT2D eigenvalue weighted by atomic mass is 19.2. The van der Waals surface area contributed by atoms with E-state index in [1.54, 1.807) is 6.92 Å². The average molecular weight is 327 g/mol. The van der Waals surface area contributed by atoms with Crippen molar-refractivity contribution in [1.29, 1.82) is 0 Å². The van der Waals surface area contributed by atoms with Crippen molar-refractivity contribution in [2.45, 2.75) is 32.3 Å². The Morgan fingerprint density at radius 1 is 1.35 bits per heavy atom. The van der Waals surface area contributed by atoms with Gasteiger partial charge in [0, 0.05) is 13.0 Å². The zero-order valence-corrected chi connectivity index (χ0v) is 13.3. The molecule has 1 aliphatic heterocycles. The minimum atomic E-state index is -0.949. The second-order valence-electron chi connectivity index (χ2n) is 5.94. The van der Waals surface area contributed by atoms with Gasteiger partial charge >= 0.3 is 5.97 Å². The van der Waals surface area contributed by atoms with Crippen LogP contribution in [0.4, 0.5) is 8.78 Å². The third-order valence-corrected chi connectivity index (χ3v) is 4.23. The summed E-state index contributed by atoms with van der Waals surface area (Å²) < 4.78 is 31.1. The van der Waals surface area contributed by atoms with E-state index >= 15 is 0 Å². The molecule has 0 spiro atoms. The van der Waals surface area contributed by atoms with Gasteiger partial charge in [0.15, 0.2) is 11.6 Å². The minimum absolute atomic E-state index is 0.159. The monoisotopic (exact) mass is 327 g/mol. The van der Waals surface area contributed by atoms with Crippen LogP contribution in [0, 0.1) is 17.6 Å². The highest BCUT2D eigenvalue weighted by molar-refractivity contribution is 5.69. The summed E-state index contributed by atoms with van der Waals surface area (Å²) in [4.78, 5) is 13.5. The number of likely N-dealkylation sites (tertiary alicyclic amines) is 1. The third kappa shape index (κ3) is 5.25. The standard InChI is InChI=1S/C17H23F2NO3/c1-2-23-17(22)9-12-5-7-20(8-6-12)11-16(21)13-3-4-14(18)15(19)10-13/h3-4,10,12,16,21H,2,5-9,11H2,1H3. The number of β-amino-alcohol motifs (C(OH)–C–C–N with tert-alkyl or cyclic N) is 1. The summed E-state index contributed by atoms with van der Waals surface area (Å²) >= 11 is 0. The second kappa shape index (κ2) is 8.36. The number of hydrogen-bond donors (Lipinski definition) is 1. The third-order valence-electron chi connectivity index (χ3n) is 4.23. The summed E-state index contributed by atoms with van der Waals surface area (Å²) in [5.41, 5.74) is 0.373. The number of aliphatic hydroxyl groups excluding tert-OH is 1. The molecule has 1 saturated heterocycles. The molecule has 0 bridgehead atoms. The Hall–Kier alpha value is -1.53. The van der Waals surface area contributed by atoms with Gasteiger partial charge < -0.3 is 14.7 Å². The van der Waals surface area contributed by atoms with Crippen LogP contribution in [0.15, 0.2) is 18.2 Å². The van der Waals surface area contributed by atoms with Gasteiger partial charge in [0.05, 0.1) is 12.7 Å². The molecule has 1 aliphatic rings. The van der Waals surface area contributed by atoms with Crippen LogP contribution in [0.5, 0.6) is 0 Å². The van der Waals surface area contributed by atoms with E-state index in [1.165, 1.54) is 6.07 Å². The molecule has 4 nitrogen and oxygen atoms in total. The van der Waals surface area contributed by atoms with Crippen LogP contribution in [-0.2, 0) is 9.53 Å². The fourth-order valence-electron chi connectivity index (χ4n) is 2.90. The molecular formula is C17H23F2NO3. The minimum Gasteiger partial charge on any atom is -0.466 e. The first kappa shape index (κ1) is 17.8. The first-order valence-electron chi connectivity index (χ1n) is 8.00. The summed E-state index contributed by atoms with van der Waals surface area (Å²) in [6.07, 6.45) is 1.31. The van der Waals surface area contributed by atoms with Crippen LogP contribution in [0.1, 0.15) is 37.9 Å². The number of hydrogen-bond acceptors (Lipinski definition) is 4. The largest absolute Gasteiger partial charge is 0.466 e. The van der Waals surface area contributed by atoms with E-state index in [2.05, 4.69) is 4.90 Å². The van der Waals surface area contributed by atoms with Crippen molar-refractivity contribution >= 4 is 5.97 Å². The summed E-state index contributed by atoms with van der Waals surface area (Å²) in [6.45, 7) is 4.10. The number of carbonyl (C=O) groups excluding carboxylic acids is 1. The van der Waals surface area contributed by atoms with E-state index in [9.17, 15) is 18.7 Å². The van der Waals surface area contributed by atoms with Gasteiger partial charge in [-0.25, -0.2) is 8.78 Å². The quantitative estimate of drug-likeness (QED) is 0.816. The Balaban J connectivity index is 1.79. The molecule has 2 rings (SSSR count). The number of piperidine rings is 1. The lowest BCUT2D eigenvalue weighted by molar-refractivity contribution is -0.144. The Labute approximate surface area is 135 Å². The van der Waals surface area contributed by atoms with Crippen molar-refractivity contribution in [2.24, 2.45) is 5.92 Å². The van der Waals surface area contributed by atoms with Gasteiger partial charge in [-0.3, -0.25) is 4.79 Å². The normalized spacial score (nSPS) is 17.9. The van der Waals surface area contributed by atoms with Crippen LogP contribution < -0.4 is 0 Å².